The van der Waals surface area contributed by atoms with Crippen molar-refractivity contribution in [2.75, 3.05) is 24.1 Å². The van der Waals surface area contributed by atoms with E-state index in [2.05, 4.69) is 0 Å². The second kappa shape index (κ2) is 10.4. The Labute approximate surface area is 204 Å². The number of aryl methyl sites for hydroxylation is 1. The summed E-state index contributed by atoms with van der Waals surface area (Å²) < 4.78 is 40.3. The summed E-state index contributed by atoms with van der Waals surface area (Å²) in [6, 6.07) is 19.3. The highest BCUT2D eigenvalue weighted by Crippen LogP contribution is 2.41. The van der Waals surface area contributed by atoms with Gasteiger partial charge in [-0.3, -0.25) is 9.10 Å². The van der Waals surface area contributed by atoms with Crippen LogP contribution >= 0.6 is 0 Å². The molecule has 35 heavy (non-hydrogen) atoms. The summed E-state index contributed by atoms with van der Waals surface area (Å²) in [6.07, 6.45) is -0.545. The number of carboxylic acids is 1. The van der Waals surface area contributed by atoms with Gasteiger partial charge in [-0.2, -0.15) is 0 Å². The third-order valence-corrected chi connectivity index (χ3v) is 7.45. The number of hydrogen-bond donors (Lipinski definition) is 2. The van der Waals surface area contributed by atoms with Gasteiger partial charge in [0, 0.05) is 6.42 Å². The maximum Gasteiger partial charge on any atom is 0.303 e. The molecule has 1 atom stereocenters. The highest BCUT2D eigenvalue weighted by atomic mass is 32.2. The number of nitrogens with zero attached hydrogens (tertiary/aromatic N) is 1. The molecule has 1 heterocycles. The molecule has 0 aliphatic carbocycles. The Morgan fingerprint density at radius 1 is 1.09 bits per heavy atom. The Bertz CT molecular complexity index is 1320. The number of ether oxygens (including phenoxy) is 2. The fourth-order valence-electron chi connectivity index (χ4n) is 3.99. The van der Waals surface area contributed by atoms with Crippen LogP contribution in [0.4, 0.5) is 5.69 Å². The molecule has 0 fully saturated rings. The van der Waals surface area contributed by atoms with E-state index >= 15 is 0 Å². The largest absolute Gasteiger partial charge is 0.491 e. The molecule has 0 spiro atoms. The molecular formula is C26H27NO7S. The molecule has 0 unspecified atom stereocenters. The number of anilines is 1. The highest BCUT2D eigenvalue weighted by molar-refractivity contribution is 7.92. The van der Waals surface area contributed by atoms with Gasteiger partial charge in [0.05, 0.1) is 23.7 Å². The van der Waals surface area contributed by atoms with E-state index in [0.717, 1.165) is 16.7 Å². The van der Waals surface area contributed by atoms with Gasteiger partial charge in [-0.05, 0) is 66.4 Å². The number of aliphatic hydroxyl groups excluding tert-OH is 1. The molecule has 3 aromatic carbocycles. The first-order valence-corrected chi connectivity index (χ1v) is 12.7. The zero-order valence-corrected chi connectivity index (χ0v) is 20.1. The Balaban J connectivity index is 1.76. The van der Waals surface area contributed by atoms with E-state index < -0.39 is 22.1 Å². The number of carbonyl (C=O) groups is 1. The molecule has 8 nitrogen and oxygen atoms in total. The molecule has 1 aliphatic rings. The van der Waals surface area contributed by atoms with Gasteiger partial charge in [0.25, 0.3) is 10.0 Å². The molecule has 0 radical (unpaired) electrons. The lowest BCUT2D eigenvalue weighted by molar-refractivity contribution is -0.137. The predicted molar refractivity (Wildman–Crippen MR) is 131 cm³/mol. The Morgan fingerprint density at radius 2 is 1.86 bits per heavy atom. The number of benzene rings is 3. The molecule has 4 rings (SSSR count). The first kappa shape index (κ1) is 24.6. The van der Waals surface area contributed by atoms with Crippen molar-refractivity contribution in [1.29, 1.82) is 0 Å². The second-order valence-electron chi connectivity index (χ2n) is 8.31. The van der Waals surface area contributed by atoms with Crippen LogP contribution in [0.1, 0.15) is 18.4 Å². The SMILES string of the molecule is Cc1cccc(S(=O)(=O)N2C[C@H](CCC(=O)O)Oc3ccc(-c4cccc(OCCO)c4)cc32)c1. The summed E-state index contributed by atoms with van der Waals surface area (Å²) in [6.45, 7) is 1.89. The normalized spacial score (nSPS) is 15.3. The minimum absolute atomic E-state index is 0.000338. The summed E-state index contributed by atoms with van der Waals surface area (Å²) in [7, 11) is -3.94. The van der Waals surface area contributed by atoms with Gasteiger partial charge in [-0.1, -0.05) is 30.3 Å². The van der Waals surface area contributed by atoms with Crippen LogP contribution in [0.25, 0.3) is 11.1 Å². The van der Waals surface area contributed by atoms with Crippen molar-refractivity contribution < 1.29 is 32.9 Å². The summed E-state index contributed by atoms with van der Waals surface area (Å²) in [4.78, 5) is 11.3. The van der Waals surface area contributed by atoms with Crippen molar-refractivity contribution in [3.8, 4) is 22.6 Å². The first-order chi connectivity index (χ1) is 16.8. The molecule has 2 N–H and O–H groups in total. The van der Waals surface area contributed by atoms with Gasteiger partial charge in [-0.25, -0.2) is 8.42 Å². The minimum atomic E-state index is -3.94. The number of aliphatic carboxylic acids is 1. The predicted octanol–water partition coefficient (Wildman–Crippen LogP) is 3.85. The summed E-state index contributed by atoms with van der Waals surface area (Å²) in [5, 5.41) is 18.1. The standard InChI is InChI=1S/C26H27NO7S/c1-18-4-2-7-23(14-18)35(31,32)27-17-22(9-11-26(29)30)34-25-10-8-20(16-24(25)27)19-5-3-6-21(15-19)33-13-12-28/h2-8,10,14-16,22,28H,9,11-13,17H2,1H3,(H,29,30)/t22-/m0/s1. The van der Waals surface area contributed by atoms with Gasteiger partial charge < -0.3 is 19.7 Å². The van der Waals surface area contributed by atoms with E-state index in [9.17, 15) is 13.2 Å². The second-order valence-corrected chi connectivity index (χ2v) is 10.2. The van der Waals surface area contributed by atoms with Crippen molar-refractivity contribution in [3.05, 3.63) is 72.3 Å². The van der Waals surface area contributed by atoms with E-state index in [1.807, 2.05) is 37.3 Å². The zero-order chi connectivity index (χ0) is 25.0. The van der Waals surface area contributed by atoms with Gasteiger partial charge in [-0.15, -0.1) is 0 Å². The fraction of sp³-hybridized carbons (Fsp3) is 0.269. The number of carboxylic acid groups (broad SMARTS) is 1. The fourth-order valence-corrected chi connectivity index (χ4v) is 5.59. The molecule has 9 heteroatoms. The van der Waals surface area contributed by atoms with Crippen LogP contribution in [0.2, 0.25) is 0 Å². The van der Waals surface area contributed by atoms with Crippen LogP contribution in [0, 0.1) is 6.92 Å². The Hall–Kier alpha value is -3.56. The third kappa shape index (κ3) is 5.58. The highest BCUT2D eigenvalue weighted by Gasteiger charge is 2.35. The molecule has 3 aromatic rings. The molecule has 0 amide bonds. The van der Waals surface area contributed by atoms with Crippen LogP contribution in [0.3, 0.4) is 0 Å². The maximum atomic E-state index is 13.7. The number of rotatable bonds is 9. The molecule has 1 aliphatic heterocycles. The molecule has 184 valence electrons. The molecule has 0 bridgehead atoms. The molecular weight excluding hydrogens is 470 g/mol. The lowest BCUT2D eigenvalue weighted by Gasteiger charge is -2.35. The summed E-state index contributed by atoms with van der Waals surface area (Å²) in [5.41, 5.74) is 2.77. The number of aliphatic hydroxyl groups is 1. The van der Waals surface area contributed by atoms with Gasteiger partial charge >= 0.3 is 5.97 Å². The van der Waals surface area contributed by atoms with Gasteiger partial charge in [0.1, 0.15) is 24.2 Å². The van der Waals surface area contributed by atoms with Crippen molar-refractivity contribution in [3.63, 3.8) is 0 Å². The van der Waals surface area contributed by atoms with Gasteiger partial charge in [0.15, 0.2) is 0 Å². The maximum absolute atomic E-state index is 13.7. The number of fused-ring (bicyclic) bond motifs is 1. The Kier molecular flexibility index (Phi) is 7.28. The zero-order valence-electron chi connectivity index (χ0n) is 19.3. The number of hydrogen-bond acceptors (Lipinski definition) is 6. The van der Waals surface area contributed by atoms with E-state index in [4.69, 9.17) is 19.7 Å². The monoisotopic (exact) mass is 497 g/mol. The number of sulfonamides is 1. The van der Waals surface area contributed by atoms with Crippen molar-refractivity contribution >= 4 is 21.7 Å². The van der Waals surface area contributed by atoms with Crippen molar-refractivity contribution in [2.45, 2.75) is 30.8 Å². The lowest BCUT2D eigenvalue weighted by atomic mass is 10.0. The summed E-state index contributed by atoms with van der Waals surface area (Å²) >= 11 is 0. The molecule has 0 aromatic heterocycles. The van der Waals surface area contributed by atoms with Crippen molar-refractivity contribution in [2.24, 2.45) is 0 Å². The smallest absolute Gasteiger partial charge is 0.303 e. The average Bonchev–Trinajstić information content (AvgIpc) is 2.85. The summed E-state index contributed by atoms with van der Waals surface area (Å²) in [5.74, 6) is -0.00562. The van der Waals surface area contributed by atoms with Crippen LogP contribution in [0.5, 0.6) is 11.5 Å². The van der Waals surface area contributed by atoms with E-state index in [-0.39, 0.29) is 37.5 Å². The Morgan fingerprint density at radius 3 is 2.60 bits per heavy atom. The van der Waals surface area contributed by atoms with Crippen LogP contribution in [-0.4, -0.2) is 50.5 Å². The minimum Gasteiger partial charge on any atom is -0.491 e. The molecule has 0 saturated carbocycles. The van der Waals surface area contributed by atoms with E-state index in [1.165, 1.54) is 4.31 Å². The van der Waals surface area contributed by atoms with Crippen LogP contribution in [-0.2, 0) is 14.8 Å². The first-order valence-electron chi connectivity index (χ1n) is 11.2. The topological polar surface area (TPSA) is 113 Å². The van der Waals surface area contributed by atoms with Crippen LogP contribution in [0.15, 0.2) is 71.6 Å². The van der Waals surface area contributed by atoms with E-state index in [0.29, 0.717) is 17.2 Å². The quantitative estimate of drug-likeness (QED) is 0.462. The lowest BCUT2D eigenvalue weighted by Crippen LogP contribution is -2.43. The van der Waals surface area contributed by atoms with Crippen LogP contribution < -0.4 is 13.8 Å². The van der Waals surface area contributed by atoms with E-state index in [1.54, 1.807) is 36.4 Å². The van der Waals surface area contributed by atoms with Crippen molar-refractivity contribution in [1.82, 2.24) is 0 Å². The van der Waals surface area contributed by atoms with Gasteiger partial charge in [0.2, 0.25) is 0 Å². The molecule has 0 saturated heterocycles. The third-order valence-electron chi connectivity index (χ3n) is 5.68. The average molecular weight is 498 g/mol.